The van der Waals surface area contributed by atoms with Gasteiger partial charge < -0.3 is 0 Å². The van der Waals surface area contributed by atoms with Crippen molar-refractivity contribution in [1.29, 1.82) is 0 Å². The van der Waals surface area contributed by atoms with Gasteiger partial charge in [-0.15, -0.1) is 5.10 Å². The molecule has 0 aliphatic rings. The smallest absolute Gasteiger partial charge is 0.246 e. The van der Waals surface area contributed by atoms with Gasteiger partial charge >= 0.3 is 5.69 Å². The van der Waals surface area contributed by atoms with E-state index in [9.17, 15) is 4.79 Å². The maximum atomic E-state index is 11.6. The summed E-state index contributed by atoms with van der Waals surface area (Å²) in [5.74, 6) is 0.425. The molecule has 0 aliphatic carbocycles. The summed E-state index contributed by atoms with van der Waals surface area (Å²) in [5, 5.41) is 4.05. The number of aromatic nitrogens is 4. The van der Waals surface area contributed by atoms with Gasteiger partial charge in [-0.25, -0.2) is 18.9 Å². The molecule has 0 aliphatic heterocycles. The summed E-state index contributed by atoms with van der Waals surface area (Å²) in [6.07, 6.45) is 4.54. The van der Waals surface area contributed by atoms with E-state index in [1.807, 2.05) is 0 Å². The van der Waals surface area contributed by atoms with E-state index in [1.54, 1.807) is 18.5 Å². The minimum Gasteiger partial charge on any atom is -0.246 e. The molecule has 14 heavy (non-hydrogen) atoms. The normalized spacial score (nSPS) is 10.9. The van der Waals surface area contributed by atoms with Gasteiger partial charge in [0.1, 0.15) is 0 Å². The van der Waals surface area contributed by atoms with Crippen molar-refractivity contribution in [3.63, 3.8) is 0 Å². The van der Waals surface area contributed by atoms with Gasteiger partial charge in [0.2, 0.25) is 0 Å². The zero-order valence-corrected chi connectivity index (χ0v) is 7.63. The highest BCUT2D eigenvalue weighted by Gasteiger charge is 2.04. The summed E-state index contributed by atoms with van der Waals surface area (Å²) >= 11 is 0. The maximum Gasteiger partial charge on any atom is 0.351 e. The summed E-state index contributed by atoms with van der Waals surface area (Å²) in [7, 11) is 5.36. The molecule has 0 spiro atoms. The third-order valence-corrected chi connectivity index (χ3v) is 1.94. The number of nitrogens with zero attached hydrogens (tertiary/aromatic N) is 4. The molecule has 70 valence electrons. The Morgan fingerprint density at radius 2 is 2.36 bits per heavy atom. The topological polar surface area (TPSA) is 52.2 Å². The molecule has 0 aromatic carbocycles. The van der Waals surface area contributed by atoms with Gasteiger partial charge in [0, 0.05) is 18.9 Å². The average molecular weight is 188 g/mol. The second-order valence-electron chi connectivity index (χ2n) is 2.94. The summed E-state index contributed by atoms with van der Waals surface area (Å²) in [6.45, 7) is 0.540. The van der Waals surface area contributed by atoms with E-state index in [0.29, 0.717) is 18.6 Å². The molecule has 0 amide bonds. The van der Waals surface area contributed by atoms with E-state index in [-0.39, 0.29) is 5.69 Å². The molecule has 0 bridgehead atoms. The monoisotopic (exact) mass is 188 g/mol. The summed E-state index contributed by atoms with van der Waals surface area (Å²) in [6, 6.07) is 1.70. The van der Waals surface area contributed by atoms with Crippen LogP contribution in [-0.4, -0.2) is 27.0 Å². The Morgan fingerprint density at radius 1 is 1.50 bits per heavy atom. The zero-order valence-electron chi connectivity index (χ0n) is 7.63. The van der Waals surface area contributed by atoms with Crippen LogP contribution in [0.2, 0.25) is 6.32 Å². The molecule has 2 aromatic heterocycles. The van der Waals surface area contributed by atoms with Crippen molar-refractivity contribution in [2.75, 3.05) is 0 Å². The number of rotatable bonds is 3. The Hall–Kier alpha value is -1.59. The molecule has 0 unspecified atom stereocenters. The van der Waals surface area contributed by atoms with Crippen LogP contribution in [0.5, 0.6) is 0 Å². The van der Waals surface area contributed by atoms with Crippen molar-refractivity contribution in [2.24, 2.45) is 0 Å². The van der Waals surface area contributed by atoms with Crippen molar-refractivity contribution < 1.29 is 0 Å². The molecule has 0 fully saturated rings. The maximum absolute atomic E-state index is 11.6. The molecule has 0 atom stereocenters. The van der Waals surface area contributed by atoms with Gasteiger partial charge in [0.15, 0.2) is 0 Å². The number of aryl methyl sites for hydroxylation is 1. The SMILES string of the molecule is [B]CCCn1nc2ncccn2c1=O. The molecule has 2 aromatic rings. The number of hydrogen-bond donors (Lipinski definition) is 0. The summed E-state index contributed by atoms with van der Waals surface area (Å²) in [4.78, 5) is 15.6. The zero-order chi connectivity index (χ0) is 9.97. The molecule has 6 heteroatoms. The number of fused-ring (bicyclic) bond motifs is 1. The van der Waals surface area contributed by atoms with E-state index >= 15 is 0 Å². The van der Waals surface area contributed by atoms with E-state index in [4.69, 9.17) is 7.85 Å². The van der Waals surface area contributed by atoms with E-state index in [0.717, 1.165) is 6.42 Å². The van der Waals surface area contributed by atoms with Gasteiger partial charge in [-0.2, -0.15) is 0 Å². The molecule has 5 nitrogen and oxygen atoms in total. The first-order valence-corrected chi connectivity index (χ1v) is 4.43. The summed E-state index contributed by atoms with van der Waals surface area (Å²) < 4.78 is 2.80. The fraction of sp³-hybridized carbons (Fsp3) is 0.375. The first-order valence-electron chi connectivity index (χ1n) is 4.43. The predicted octanol–water partition coefficient (Wildman–Crippen LogP) is -0.132. The Bertz CT molecular complexity index is 489. The molecular weight excluding hydrogens is 179 g/mol. The molecule has 2 radical (unpaired) electrons. The standard InChI is InChI=1S/C8H9BN4O/c9-3-1-6-13-8(14)12-5-2-4-10-7(12)11-13/h2,4-5H,1,3,6H2. The molecule has 0 saturated carbocycles. The Labute approximate surface area is 81.8 Å². The van der Waals surface area contributed by atoms with Crippen LogP contribution in [0, 0.1) is 0 Å². The van der Waals surface area contributed by atoms with Crippen LogP contribution in [-0.2, 0) is 6.54 Å². The average Bonchev–Trinajstić information content (AvgIpc) is 2.54. The van der Waals surface area contributed by atoms with Gasteiger partial charge in [-0.05, 0) is 12.5 Å². The predicted molar refractivity (Wildman–Crippen MR) is 52.4 cm³/mol. The Morgan fingerprint density at radius 3 is 3.07 bits per heavy atom. The first kappa shape index (κ1) is 8.99. The van der Waals surface area contributed by atoms with Crippen molar-refractivity contribution in [2.45, 2.75) is 19.3 Å². The highest BCUT2D eigenvalue weighted by Crippen LogP contribution is 1.92. The van der Waals surface area contributed by atoms with Crippen molar-refractivity contribution in [3.8, 4) is 0 Å². The van der Waals surface area contributed by atoms with E-state index in [1.165, 1.54) is 9.08 Å². The lowest BCUT2D eigenvalue weighted by Crippen LogP contribution is -2.21. The fourth-order valence-corrected chi connectivity index (χ4v) is 1.25. The van der Waals surface area contributed by atoms with Gasteiger partial charge in [-0.3, -0.25) is 0 Å². The molecule has 2 heterocycles. The van der Waals surface area contributed by atoms with Gasteiger partial charge in [-0.1, -0.05) is 6.32 Å². The van der Waals surface area contributed by atoms with Crippen molar-refractivity contribution in [3.05, 3.63) is 28.9 Å². The lowest BCUT2D eigenvalue weighted by molar-refractivity contribution is 0.581. The lowest BCUT2D eigenvalue weighted by atomic mass is 10.0. The van der Waals surface area contributed by atoms with Gasteiger partial charge in [0.05, 0.1) is 7.85 Å². The van der Waals surface area contributed by atoms with Crippen molar-refractivity contribution >= 4 is 13.6 Å². The largest absolute Gasteiger partial charge is 0.351 e. The van der Waals surface area contributed by atoms with E-state index < -0.39 is 0 Å². The van der Waals surface area contributed by atoms with Crippen LogP contribution in [0.3, 0.4) is 0 Å². The first-order chi connectivity index (χ1) is 6.83. The molecule has 0 N–H and O–H groups in total. The minimum atomic E-state index is -0.165. The molecular formula is C8H9BN4O. The van der Waals surface area contributed by atoms with Crippen LogP contribution in [0.4, 0.5) is 0 Å². The summed E-state index contributed by atoms with van der Waals surface area (Å²) in [5.41, 5.74) is -0.165. The molecule has 0 saturated heterocycles. The highest BCUT2D eigenvalue weighted by molar-refractivity contribution is 6.08. The number of hydrogen-bond acceptors (Lipinski definition) is 3. The van der Waals surface area contributed by atoms with Crippen LogP contribution in [0.1, 0.15) is 6.42 Å². The van der Waals surface area contributed by atoms with Crippen molar-refractivity contribution in [1.82, 2.24) is 19.2 Å². The second kappa shape index (κ2) is 3.65. The highest BCUT2D eigenvalue weighted by atomic mass is 16.2. The molecule has 2 rings (SSSR count). The Kier molecular flexibility index (Phi) is 2.34. The third-order valence-electron chi connectivity index (χ3n) is 1.94. The van der Waals surface area contributed by atoms with Crippen LogP contribution in [0.15, 0.2) is 23.3 Å². The van der Waals surface area contributed by atoms with E-state index in [2.05, 4.69) is 10.1 Å². The Balaban J connectivity index is 2.47. The van der Waals surface area contributed by atoms with Crippen LogP contribution in [0.25, 0.3) is 5.78 Å². The van der Waals surface area contributed by atoms with Gasteiger partial charge in [0.25, 0.3) is 5.78 Å². The second-order valence-corrected chi connectivity index (χ2v) is 2.94. The quantitative estimate of drug-likeness (QED) is 0.630. The third kappa shape index (κ3) is 1.43. The minimum absolute atomic E-state index is 0.165. The lowest BCUT2D eigenvalue weighted by Gasteiger charge is -1.94. The van der Waals surface area contributed by atoms with Crippen LogP contribution < -0.4 is 5.69 Å². The fourth-order valence-electron chi connectivity index (χ4n) is 1.25. The van der Waals surface area contributed by atoms with Crippen LogP contribution >= 0.6 is 0 Å².